The fourth-order valence-electron chi connectivity index (χ4n) is 3.62. The maximum Gasteiger partial charge on any atom is 0.344 e. The summed E-state index contributed by atoms with van der Waals surface area (Å²) in [5.74, 6) is -0.115. The second kappa shape index (κ2) is 7.45. The number of rotatable bonds is 5. The number of piperidine rings is 1. The fraction of sp³-hybridized carbons (Fsp3) is 0.526. The molecule has 3 rings (SSSR count). The molecule has 26 heavy (non-hydrogen) atoms. The predicted molar refractivity (Wildman–Crippen MR) is 96.8 cm³/mol. The summed E-state index contributed by atoms with van der Waals surface area (Å²) in [6, 6.07) is 8.52. The van der Waals surface area contributed by atoms with Crippen molar-refractivity contribution in [2.75, 3.05) is 19.6 Å². The second-order valence-corrected chi connectivity index (χ2v) is 7.19. The Balaban J connectivity index is 1.68. The molecule has 0 aromatic heterocycles. The Kier molecular flexibility index (Phi) is 5.27. The summed E-state index contributed by atoms with van der Waals surface area (Å²) in [5, 5.41) is 3.58. The Morgan fingerprint density at radius 3 is 2.50 bits per heavy atom. The van der Waals surface area contributed by atoms with Crippen molar-refractivity contribution in [3.8, 4) is 0 Å². The van der Waals surface area contributed by atoms with Gasteiger partial charge in [-0.15, -0.1) is 0 Å². The maximum absolute atomic E-state index is 13.0. The van der Waals surface area contributed by atoms with E-state index in [2.05, 4.69) is 22.6 Å². The molecular formula is C19H26N4O3. The summed E-state index contributed by atoms with van der Waals surface area (Å²) >= 11 is 0. The van der Waals surface area contributed by atoms with E-state index >= 15 is 0 Å². The van der Waals surface area contributed by atoms with Crippen molar-refractivity contribution in [3.63, 3.8) is 0 Å². The molecule has 1 unspecified atom stereocenters. The molecule has 2 aliphatic heterocycles. The van der Waals surface area contributed by atoms with Crippen molar-refractivity contribution >= 4 is 17.8 Å². The number of hydrazine groups is 1. The number of amides is 4. The summed E-state index contributed by atoms with van der Waals surface area (Å²) in [5.41, 5.74) is 2.06. The number of carbonyl (C=O) groups excluding carboxylic acids is 3. The number of hydrogen-bond donors (Lipinski definition) is 2. The van der Waals surface area contributed by atoms with Crippen molar-refractivity contribution in [2.24, 2.45) is 5.92 Å². The van der Waals surface area contributed by atoms with E-state index in [9.17, 15) is 14.4 Å². The molecule has 140 valence electrons. The van der Waals surface area contributed by atoms with Crippen LogP contribution in [0.1, 0.15) is 38.7 Å². The van der Waals surface area contributed by atoms with Crippen molar-refractivity contribution in [1.82, 2.24) is 20.7 Å². The molecule has 2 fully saturated rings. The molecule has 2 heterocycles. The Bertz CT molecular complexity index is 685. The van der Waals surface area contributed by atoms with Gasteiger partial charge in [0.1, 0.15) is 5.54 Å². The van der Waals surface area contributed by atoms with Gasteiger partial charge in [-0.3, -0.25) is 19.9 Å². The fourth-order valence-corrected chi connectivity index (χ4v) is 3.62. The lowest BCUT2D eigenvalue weighted by Crippen LogP contribution is -2.51. The number of likely N-dealkylation sites (tertiary alicyclic amines) is 1. The molecular weight excluding hydrogens is 332 g/mol. The van der Waals surface area contributed by atoms with Gasteiger partial charge in [0.15, 0.2) is 0 Å². The molecule has 0 spiro atoms. The molecule has 0 aliphatic carbocycles. The topological polar surface area (TPSA) is 81.8 Å². The number of carbonyl (C=O) groups is 3. The van der Waals surface area contributed by atoms with Gasteiger partial charge in [0.25, 0.3) is 11.8 Å². The molecule has 2 N–H and O–H groups in total. The molecule has 4 amide bonds. The predicted octanol–water partition coefficient (Wildman–Crippen LogP) is 1.61. The molecule has 1 atom stereocenters. The van der Waals surface area contributed by atoms with Gasteiger partial charge in [0.2, 0.25) is 0 Å². The van der Waals surface area contributed by atoms with Crippen molar-refractivity contribution in [1.29, 1.82) is 0 Å². The van der Waals surface area contributed by atoms with Gasteiger partial charge in [-0.05, 0) is 43.8 Å². The van der Waals surface area contributed by atoms with Gasteiger partial charge < -0.3 is 5.32 Å². The first-order valence-corrected chi connectivity index (χ1v) is 9.20. The van der Waals surface area contributed by atoms with E-state index in [0.717, 1.165) is 30.9 Å². The van der Waals surface area contributed by atoms with Gasteiger partial charge in [-0.25, -0.2) is 4.79 Å². The number of nitrogens with zero attached hydrogens (tertiary/aromatic N) is 2. The highest BCUT2D eigenvalue weighted by Gasteiger charge is 2.52. The first kappa shape index (κ1) is 18.4. The van der Waals surface area contributed by atoms with Crippen molar-refractivity contribution < 1.29 is 14.4 Å². The third-order valence-electron chi connectivity index (χ3n) is 5.37. The van der Waals surface area contributed by atoms with Crippen LogP contribution in [0.2, 0.25) is 0 Å². The summed E-state index contributed by atoms with van der Waals surface area (Å²) in [6.45, 7) is 5.95. The van der Waals surface area contributed by atoms with Crippen LogP contribution < -0.4 is 10.7 Å². The van der Waals surface area contributed by atoms with E-state index in [1.165, 1.54) is 0 Å². The summed E-state index contributed by atoms with van der Waals surface area (Å²) in [6.07, 6.45) is 2.52. The molecule has 2 aliphatic rings. The smallest absolute Gasteiger partial charge is 0.318 e. The van der Waals surface area contributed by atoms with Crippen LogP contribution in [0.5, 0.6) is 0 Å². The second-order valence-electron chi connectivity index (χ2n) is 7.19. The summed E-state index contributed by atoms with van der Waals surface area (Å²) in [4.78, 5) is 39.7. The highest BCUT2D eigenvalue weighted by atomic mass is 16.2. The highest BCUT2D eigenvalue weighted by molar-refractivity contribution is 6.08. The summed E-state index contributed by atoms with van der Waals surface area (Å²) < 4.78 is 0. The van der Waals surface area contributed by atoms with Gasteiger partial charge in [-0.1, -0.05) is 44.2 Å². The molecule has 7 heteroatoms. The lowest BCUT2D eigenvalue weighted by Gasteiger charge is -2.30. The Morgan fingerprint density at radius 1 is 1.23 bits per heavy atom. The van der Waals surface area contributed by atoms with E-state index < -0.39 is 17.5 Å². The van der Waals surface area contributed by atoms with Crippen LogP contribution in [0.3, 0.4) is 0 Å². The van der Waals surface area contributed by atoms with Crippen LogP contribution in [0.25, 0.3) is 0 Å². The normalized spacial score (nSPS) is 24.6. The largest absolute Gasteiger partial charge is 0.344 e. The van der Waals surface area contributed by atoms with Crippen LogP contribution in [0.15, 0.2) is 30.3 Å². The van der Waals surface area contributed by atoms with Gasteiger partial charge in [-0.2, -0.15) is 5.01 Å². The number of benzene rings is 1. The van der Waals surface area contributed by atoms with Crippen LogP contribution in [0.4, 0.5) is 4.79 Å². The molecule has 0 bridgehead atoms. The van der Waals surface area contributed by atoms with Gasteiger partial charge in [0.05, 0.1) is 6.54 Å². The van der Waals surface area contributed by atoms with Crippen molar-refractivity contribution in [3.05, 3.63) is 35.9 Å². The van der Waals surface area contributed by atoms with E-state index in [0.29, 0.717) is 17.9 Å². The van der Waals surface area contributed by atoms with E-state index in [1.807, 2.05) is 37.3 Å². The molecule has 0 saturated carbocycles. The Labute approximate surface area is 153 Å². The lowest BCUT2D eigenvalue weighted by molar-refractivity contribution is -0.140. The van der Waals surface area contributed by atoms with Crippen LogP contribution >= 0.6 is 0 Å². The minimum absolute atomic E-state index is 0.189. The maximum atomic E-state index is 13.0. The van der Waals surface area contributed by atoms with E-state index in [-0.39, 0.29) is 12.5 Å². The standard InChI is InChI=1S/C19H26N4O3/c1-3-19(15-7-5-4-6-8-15)17(25)23(18(26)20-19)21-16(24)13-22-11-9-14(2)10-12-22/h4-8,14H,3,9-13H2,1-2H3,(H,20,26)(H,21,24). The Hall–Kier alpha value is -2.41. The van der Waals surface area contributed by atoms with Crippen molar-refractivity contribution in [2.45, 2.75) is 38.6 Å². The zero-order chi connectivity index (χ0) is 18.7. The number of imide groups is 1. The minimum atomic E-state index is -1.13. The average molecular weight is 358 g/mol. The zero-order valence-electron chi connectivity index (χ0n) is 15.3. The molecule has 1 aromatic rings. The molecule has 1 aromatic carbocycles. The molecule has 7 nitrogen and oxygen atoms in total. The first-order chi connectivity index (χ1) is 12.5. The van der Waals surface area contributed by atoms with Gasteiger partial charge >= 0.3 is 6.03 Å². The Morgan fingerprint density at radius 2 is 1.88 bits per heavy atom. The number of hydrogen-bond acceptors (Lipinski definition) is 4. The third kappa shape index (κ3) is 3.44. The SMILES string of the molecule is CCC1(c2ccccc2)NC(=O)N(NC(=O)CN2CCC(C)CC2)C1=O. The first-order valence-electron chi connectivity index (χ1n) is 9.20. The highest BCUT2D eigenvalue weighted by Crippen LogP contribution is 2.31. The van der Waals surface area contributed by atoms with Crippen LogP contribution in [-0.4, -0.2) is 47.4 Å². The average Bonchev–Trinajstić information content (AvgIpc) is 2.89. The number of nitrogens with one attached hydrogen (secondary N) is 2. The molecule has 2 saturated heterocycles. The zero-order valence-corrected chi connectivity index (χ0v) is 15.3. The van der Waals surface area contributed by atoms with Crippen LogP contribution in [0, 0.1) is 5.92 Å². The monoisotopic (exact) mass is 358 g/mol. The number of urea groups is 1. The van der Waals surface area contributed by atoms with Gasteiger partial charge in [0, 0.05) is 0 Å². The van der Waals surface area contributed by atoms with E-state index in [4.69, 9.17) is 0 Å². The molecule has 0 radical (unpaired) electrons. The van der Waals surface area contributed by atoms with E-state index in [1.54, 1.807) is 0 Å². The quantitative estimate of drug-likeness (QED) is 0.784. The third-order valence-corrected chi connectivity index (χ3v) is 5.37. The minimum Gasteiger partial charge on any atom is -0.318 e. The summed E-state index contributed by atoms with van der Waals surface area (Å²) in [7, 11) is 0. The lowest BCUT2D eigenvalue weighted by atomic mass is 9.87. The van der Waals surface area contributed by atoms with Crippen LogP contribution in [-0.2, 0) is 15.1 Å².